The monoisotopic (exact) mass is 252 g/mol. The van der Waals surface area contributed by atoms with E-state index < -0.39 is 0 Å². The standard InChI is InChI=1S/C14H21ClN2/c1-3-13-10-17(8-4-7-16-13)14-6-5-12(15)9-11(14)2/h5-6,9,13,16H,3-4,7-8,10H2,1-2H3. The van der Waals surface area contributed by atoms with E-state index >= 15 is 0 Å². The van der Waals surface area contributed by atoms with E-state index in [1.165, 1.54) is 24.1 Å². The zero-order valence-corrected chi connectivity index (χ0v) is 11.4. The molecule has 2 nitrogen and oxygen atoms in total. The van der Waals surface area contributed by atoms with Gasteiger partial charge in [0, 0.05) is 29.8 Å². The predicted molar refractivity (Wildman–Crippen MR) is 75.1 cm³/mol. The summed E-state index contributed by atoms with van der Waals surface area (Å²) in [4.78, 5) is 2.49. The van der Waals surface area contributed by atoms with Crippen LogP contribution in [0.3, 0.4) is 0 Å². The second-order valence-corrected chi connectivity index (χ2v) is 5.23. The lowest BCUT2D eigenvalue weighted by Gasteiger charge is -2.27. The summed E-state index contributed by atoms with van der Waals surface area (Å²) in [5.74, 6) is 0. The minimum Gasteiger partial charge on any atom is -0.370 e. The van der Waals surface area contributed by atoms with Gasteiger partial charge >= 0.3 is 0 Å². The summed E-state index contributed by atoms with van der Waals surface area (Å²) in [5.41, 5.74) is 2.60. The van der Waals surface area contributed by atoms with Crippen LogP contribution in [0.25, 0.3) is 0 Å². The van der Waals surface area contributed by atoms with E-state index in [1.54, 1.807) is 0 Å². The Kier molecular flexibility index (Phi) is 4.30. The molecule has 0 radical (unpaired) electrons. The normalized spacial score (nSPS) is 21.4. The minimum absolute atomic E-state index is 0.604. The highest BCUT2D eigenvalue weighted by molar-refractivity contribution is 6.30. The van der Waals surface area contributed by atoms with Gasteiger partial charge in [-0.05, 0) is 50.1 Å². The molecule has 0 aromatic heterocycles. The molecule has 17 heavy (non-hydrogen) atoms. The third kappa shape index (κ3) is 3.14. The van der Waals surface area contributed by atoms with E-state index in [9.17, 15) is 0 Å². The second kappa shape index (κ2) is 5.74. The first kappa shape index (κ1) is 12.7. The van der Waals surface area contributed by atoms with Gasteiger partial charge in [-0.3, -0.25) is 0 Å². The quantitative estimate of drug-likeness (QED) is 0.870. The molecule has 1 heterocycles. The van der Waals surface area contributed by atoms with Crippen LogP contribution in [-0.4, -0.2) is 25.7 Å². The maximum absolute atomic E-state index is 6.01. The Labute approximate surface area is 109 Å². The van der Waals surface area contributed by atoms with Crippen LogP contribution in [0.5, 0.6) is 0 Å². The van der Waals surface area contributed by atoms with Crippen molar-refractivity contribution in [1.29, 1.82) is 0 Å². The van der Waals surface area contributed by atoms with Gasteiger partial charge in [0.05, 0.1) is 0 Å². The minimum atomic E-state index is 0.604. The molecule has 0 bridgehead atoms. The van der Waals surface area contributed by atoms with Gasteiger partial charge in [-0.1, -0.05) is 18.5 Å². The van der Waals surface area contributed by atoms with E-state index in [0.29, 0.717) is 6.04 Å². The Morgan fingerprint density at radius 1 is 1.47 bits per heavy atom. The van der Waals surface area contributed by atoms with E-state index in [4.69, 9.17) is 11.6 Å². The van der Waals surface area contributed by atoms with Crippen LogP contribution in [0, 0.1) is 6.92 Å². The Balaban J connectivity index is 2.19. The molecule has 0 aliphatic carbocycles. The Morgan fingerprint density at radius 2 is 2.29 bits per heavy atom. The van der Waals surface area contributed by atoms with Crippen LogP contribution < -0.4 is 10.2 Å². The van der Waals surface area contributed by atoms with Crippen LogP contribution >= 0.6 is 11.6 Å². The van der Waals surface area contributed by atoms with E-state index in [1.807, 2.05) is 6.07 Å². The number of hydrogen-bond donors (Lipinski definition) is 1. The van der Waals surface area contributed by atoms with E-state index in [0.717, 1.165) is 24.7 Å². The summed E-state index contributed by atoms with van der Waals surface area (Å²) in [6, 6.07) is 6.79. The number of nitrogens with zero attached hydrogens (tertiary/aromatic N) is 1. The Hall–Kier alpha value is -0.730. The lowest BCUT2D eigenvalue weighted by molar-refractivity contribution is 0.528. The van der Waals surface area contributed by atoms with Crippen molar-refractivity contribution < 1.29 is 0 Å². The van der Waals surface area contributed by atoms with Gasteiger partial charge in [-0.2, -0.15) is 0 Å². The second-order valence-electron chi connectivity index (χ2n) is 4.79. The SMILES string of the molecule is CCC1CN(c2ccc(Cl)cc2C)CCCN1. The lowest BCUT2D eigenvalue weighted by atomic mass is 10.1. The largest absolute Gasteiger partial charge is 0.370 e. The molecule has 0 saturated carbocycles. The summed E-state index contributed by atoms with van der Waals surface area (Å²) >= 11 is 6.01. The highest BCUT2D eigenvalue weighted by atomic mass is 35.5. The van der Waals surface area contributed by atoms with Gasteiger partial charge in [0.15, 0.2) is 0 Å². The highest BCUT2D eigenvalue weighted by Crippen LogP contribution is 2.24. The molecule has 3 heteroatoms. The fourth-order valence-corrected chi connectivity index (χ4v) is 2.69. The summed E-state index contributed by atoms with van der Waals surface area (Å²) in [5, 5.41) is 4.42. The molecule has 1 atom stereocenters. The zero-order valence-electron chi connectivity index (χ0n) is 10.7. The van der Waals surface area contributed by atoms with Crippen molar-refractivity contribution in [2.24, 2.45) is 0 Å². The molecular weight excluding hydrogens is 232 g/mol. The average Bonchev–Trinajstić information content (AvgIpc) is 2.54. The molecular formula is C14H21ClN2. The van der Waals surface area contributed by atoms with Crippen LogP contribution in [0.4, 0.5) is 5.69 Å². The summed E-state index contributed by atoms with van der Waals surface area (Å²) < 4.78 is 0. The van der Waals surface area contributed by atoms with Crippen molar-refractivity contribution in [1.82, 2.24) is 5.32 Å². The third-order valence-corrected chi connectivity index (χ3v) is 3.71. The van der Waals surface area contributed by atoms with Crippen LogP contribution in [0.15, 0.2) is 18.2 Å². The molecule has 1 unspecified atom stereocenters. The molecule has 2 rings (SSSR count). The van der Waals surface area contributed by atoms with Crippen molar-refractivity contribution in [2.75, 3.05) is 24.5 Å². The first-order chi connectivity index (χ1) is 8.20. The fourth-order valence-electron chi connectivity index (χ4n) is 2.46. The molecule has 0 amide bonds. The average molecular weight is 253 g/mol. The zero-order chi connectivity index (χ0) is 12.3. The van der Waals surface area contributed by atoms with Crippen molar-refractivity contribution >= 4 is 17.3 Å². The maximum atomic E-state index is 6.01. The molecule has 0 spiro atoms. The molecule has 1 aromatic carbocycles. The number of halogens is 1. The van der Waals surface area contributed by atoms with E-state index in [2.05, 4.69) is 36.2 Å². The fraction of sp³-hybridized carbons (Fsp3) is 0.571. The molecule has 1 N–H and O–H groups in total. The number of anilines is 1. The first-order valence-corrected chi connectivity index (χ1v) is 6.83. The summed E-state index contributed by atoms with van der Waals surface area (Å²) in [6.07, 6.45) is 2.39. The number of benzene rings is 1. The molecule has 94 valence electrons. The molecule has 1 aliphatic heterocycles. The number of hydrogen-bond acceptors (Lipinski definition) is 2. The van der Waals surface area contributed by atoms with Gasteiger partial charge in [-0.25, -0.2) is 0 Å². The van der Waals surface area contributed by atoms with Crippen molar-refractivity contribution in [2.45, 2.75) is 32.7 Å². The maximum Gasteiger partial charge on any atom is 0.0410 e. The van der Waals surface area contributed by atoms with Crippen LogP contribution in [0.2, 0.25) is 5.02 Å². The molecule has 1 saturated heterocycles. The predicted octanol–water partition coefficient (Wildman–Crippen LogP) is 3.23. The van der Waals surface area contributed by atoms with Gasteiger partial charge in [0.25, 0.3) is 0 Å². The van der Waals surface area contributed by atoms with Crippen LogP contribution in [-0.2, 0) is 0 Å². The van der Waals surface area contributed by atoms with Gasteiger partial charge < -0.3 is 10.2 Å². The third-order valence-electron chi connectivity index (χ3n) is 3.47. The van der Waals surface area contributed by atoms with Gasteiger partial charge in [0.1, 0.15) is 0 Å². The lowest BCUT2D eigenvalue weighted by Crippen LogP contribution is -2.37. The topological polar surface area (TPSA) is 15.3 Å². The number of aryl methyl sites for hydroxylation is 1. The number of nitrogens with one attached hydrogen (secondary N) is 1. The van der Waals surface area contributed by atoms with E-state index in [-0.39, 0.29) is 0 Å². The van der Waals surface area contributed by atoms with Crippen molar-refractivity contribution in [3.63, 3.8) is 0 Å². The van der Waals surface area contributed by atoms with Gasteiger partial charge in [-0.15, -0.1) is 0 Å². The molecule has 1 fully saturated rings. The highest BCUT2D eigenvalue weighted by Gasteiger charge is 2.17. The summed E-state index contributed by atoms with van der Waals surface area (Å²) in [6.45, 7) is 7.74. The number of rotatable bonds is 2. The Bertz CT molecular complexity index is 378. The first-order valence-electron chi connectivity index (χ1n) is 6.45. The summed E-state index contributed by atoms with van der Waals surface area (Å²) in [7, 11) is 0. The smallest absolute Gasteiger partial charge is 0.0410 e. The van der Waals surface area contributed by atoms with Crippen molar-refractivity contribution in [3.8, 4) is 0 Å². The van der Waals surface area contributed by atoms with Gasteiger partial charge in [0.2, 0.25) is 0 Å². The molecule has 1 aliphatic rings. The Morgan fingerprint density at radius 3 is 3.00 bits per heavy atom. The van der Waals surface area contributed by atoms with Crippen molar-refractivity contribution in [3.05, 3.63) is 28.8 Å². The molecule has 1 aromatic rings. The van der Waals surface area contributed by atoms with Crippen LogP contribution in [0.1, 0.15) is 25.3 Å².